The second-order valence-electron chi connectivity index (χ2n) is 17.6. The number of rotatable bonds is 42. The summed E-state index contributed by atoms with van der Waals surface area (Å²) < 4.78 is 11.3. The quantitative estimate of drug-likeness (QED) is 0.0334. The minimum absolute atomic E-state index is 0.132. The lowest BCUT2D eigenvalue weighted by Gasteiger charge is -2.40. The summed E-state index contributed by atoms with van der Waals surface area (Å²) in [5.41, 5.74) is 0. The third-order valence-electron chi connectivity index (χ3n) is 12.2. The molecule has 0 spiro atoms. The lowest BCUT2D eigenvalue weighted by Crippen LogP contribution is -2.60. The monoisotopic (exact) mass is 814 g/mol. The molecule has 1 fully saturated rings. The molecular formula is C48H95NO8. The van der Waals surface area contributed by atoms with Crippen LogP contribution in [0.15, 0.2) is 0 Å². The van der Waals surface area contributed by atoms with Gasteiger partial charge in [-0.2, -0.15) is 0 Å². The van der Waals surface area contributed by atoms with Crippen LogP contribution >= 0.6 is 0 Å². The summed E-state index contributed by atoms with van der Waals surface area (Å²) in [6.07, 6.45) is 37.0. The van der Waals surface area contributed by atoms with E-state index in [0.29, 0.717) is 12.8 Å². The molecule has 7 unspecified atom stereocenters. The Hall–Kier alpha value is -0.810. The van der Waals surface area contributed by atoms with Gasteiger partial charge in [0.1, 0.15) is 24.4 Å². The molecule has 0 aliphatic carbocycles. The number of aliphatic hydroxyl groups is 5. The van der Waals surface area contributed by atoms with Gasteiger partial charge >= 0.3 is 0 Å². The first kappa shape index (κ1) is 54.2. The number of unbranched alkanes of at least 4 members (excludes halogenated alkanes) is 32. The van der Waals surface area contributed by atoms with Gasteiger partial charge in [-0.15, -0.1) is 0 Å². The van der Waals surface area contributed by atoms with Gasteiger partial charge in [-0.3, -0.25) is 4.79 Å². The maximum Gasteiger partial charge on any atom is 0.220 e. The molecule has 1 aliphatic rings. The Morgan fingerprint density at radius 2 is 0.877 bits per heavy atom. The zero-order valence-corrected chi connectivity index (χ0v) is 37.4. The van der Waals surface area contributed by atoms with Crippen LogP contribution in [0.4, 0.5) is 0 Å². The van der Waals surface area contributed by atoms with Crippen molar-refractivity contribution in [3.8, 4) is 0 Å². The molecule has 1 amide bonds. The summed E-state index contributed by atoms with van der Waals surface area (Å²) in [5, 5.41) is 54.3. The molecule has 6 N–H and O–H groups in total. The number of aliphatic hydroxyl groups excluding tert-OH is 5. The number of carbonyl (C=O) groups is 1. The molecule has 1 heterocycles. The van der Waals surface area contributed by atoms with Crippen LogP contribution in [0.1, 0.15) is 245 Å². The average molecular weight is 814 g/mol. The van der Waals surface area contributed by atoms with Crippen LogP contribution in [-0.2, 0) is 14.3 Å². The Labute approximate surface area is 351 Å². The van der Waals surface area contributed by atoms with Gasteiger partial charge in [-0.05, 0) is 12.8 Å². The number of nitrogens with one attached hydrogen (secondary N) is 1. The van der Waals surface area contributed by atoms with Crippen LogP contribution in [-0.4, -0.2) is 87.5 Å². The Morgan fingerprint density at radius 1 is 0.526 bits per heavy atom. The lowest BCUT2D eigenvalue weighted by atomic mass is 9.99. The van der Waals surface area contributed by atoms with Crippen molar-refractivity contribution in [3.05, 3.63) is 0 Å². The number of ether oxygens (including phenoxy) is 2. The Balaban J connectivity index is 2.20. The van der Waals surface area contributed by atoms with Crippen molar-refractivity contribution in [1.82, 2.24) is 5.32 Å². The molecule has 7 atom stereocenters. The maximum absolute atomic E-state index is 12.9. The normalized spacial score (nSPS) is 20.9. The van der Waals surface area contributed by atoms with Gasteiger partial charge in [0.25, 0.3) is 0 Å². The molecule has 0 bridgehead atoms. The van der Waals surface area contributed by atoms with E-state index in [1.54, 1.807) is 0 Å². The molecule has 0 radical (unpaired) electrons. The van der Waals surface area contributed by atoms with Gasteiger partial charge in [-0.25, -0.2) is 0 Å². The second-order valence-corrected chi connectivity index (χ2v) is 17.6. The first-order valence-corrected chi connectivity index (χ1v) is 24.7. The molecule has 1 aliphatic heterocycles. The van der Waals surface area contributed by atoms with E-state index in [-0.39, 0.29) is 12.5 Å². The minimum atomic E-state index is -1.55. The second kappa shape index (κ2) is 39.3. The molecule has 0 saturated carbocycles. The summed E-state index contributed by atoms with van der Waals surface area (Å²) in [5.74, 6) is -0.143. The van der Waals surface area contributed by atoms with Crippen LogP contribution in [0.3, 0.4) is 0 Å². The lowest BCUT2D eigenvalue weighted by molar-refractivity contribution is -0.302. The maximum atomic E-state index is 12.9. The van der Waals surface area contributed by atoms with E-state index in [4.69, 9.17) is 9.47 Å². The largest absolute Gasteiger partial charge is 0.394 e. The first-order chi connectivity index (χ1) is 27.8. The highest BCUT2D eigenvalue weighted by Crippen LogP contribution is 2.23. The summed E-state index contributed by atoms with van der Waals surface area (Å²) in [6, 6.07) is -0.711. The van der Waals surface area contributed by atoms with Crippen molar-refractivity contribution in [2.75, 3.05) is 13.2 Å². The van der Waals surface area contributed by atoms with E-state index in [2.05, 4.69) is 19.2 Å². The molecule has 57 heavy (non-hydrogen) atoms. The van der Waals surface area contributed by atoms with Gasteiger partial charge < -0.3 is 40.3 Å². The summed E-state index contributed by atoms with van der Waals surface area (Å²) in [7, 11) is 0. The van der Waals surface area contributed by atoms with Crippen molar-refractivity contribution in [2.24, 2.45) is 0 Å². The zero-order valence-electron chi connectivity index (χ0n) is 37.4. The Bertz CT molecular complexity index is 862. The van der Waals surface area contributed by atoms with Crippen LogP contribution in [0, 0.1) is 0 Å². The zero-order chi connectivity index (χ0) is 41.6. The van der Waals surface area contributed by atoms with Crippen LogP contribution in [0.2, 0.25) is 0 Å². The highest BCUT2D eigenvalue weighted by atomic mass is 16.7. The highest BCUT2D eigenvalue weighted by molar-refractivity contribution is 5.76. The smallest absolute Gasteiger partial charge is 0.220 e. The molecule has 340 valence electrons. The standard InChI is InChI=1S/C48H95NO8/c1-3-5-7-9-11-13-15-16-17-18-19-20-21-22-23-24-25-26-27-28-29-31-33-35-37-42(51)41(40-56-48-47(55)46(54)45(53)43(39-50)57-48)49-44(52)38-36-34-32-30-14-12-10-8-6-4-2/h41-43,45-48,50-51,53-55H,3-40H2,1-2H3,(H,49,52). The van der Waals surface area contributed by atoms with Crippen LogP contribution < -0.4 is 5.32 Å². The molecule has 9 nitrogen and oxygen atoms in total. The van der Waals surface area contributed by atoms with E-state index >= 15 is 0 Å². The van der Waals surface area contributed by atoms with Gasteiger partial charge in [-0.1, -0.05) is 226 Å². The summed E-state index contributed by atoms with van der Waals surface area (Å²) >= 11 is 0. The molecule has 9 heteroatoms. The first-order valence-electron chi connectivity index (χ1n) is 24.7. The fourth-order valence-corrected chi connectivity index (χ4v) is 8.22. The van der Waals surface area contributed by atoms with Crippen LogP contribution in [0.5, 0.6) is 0 Å². The van der Waals surface area contributed by atoms with E-state index in [1.807, 2.05) is 0 Å². The number of hydrogen-bond donors (Lipinski definition) is 6. The molecule has 0 aromatic carbocycles. The van der Waals surface area contributed by atoms with Crippen molar-refractivity contribution in [1.29, 1.82) is 0 Å². The molecule has 1 saturated heterocycles. The third kappa shape index (κ3) is 30.0. The van der Waals surface area contributed by atoms with Crippen molar-refractivity contribution in [2.45, 2.75) is 288 Å². The van der Waals surface area contributed by atoms with Gasteiger partial charge in [0, 0.05) is 6.42 Å². The van der Waals surface area contributed by atoms with Crippen molar-refractivity contribution >= 4 is 5.91 Å². The predicted molar refractivity (Wildman–Crippen MR) is 235 cm³/mol. The average Bonchev–Trinajstić information content (AvgIpc) is 3.21. The van der Waals surface area contributed by atoms with E-state index in [9.17, 15) is 30.3 Å². The number of hydrogen-bond acceptors (Lipinski definition) is 8. The number of amides is 1. The molecular weight excluding hydrogens is 719 g/mol. The van der Waals surface area contributed by atoms with Crippen molar-refractivity contribution < 1.29 is 39.8 Å². The Morgan fingerprint density at radius 3 is 1.25 bits per heavy atom. The fourth-order valence-electron chi connectivity index (χ4n) is 8.22. The SMILES string of the molecule is CCCCCCCCCCCCCCCCCCCCCCCCCCC(O)C(COC1OC(CO)C(O)C(O)C1O)NC(=O)CCCCCCCCCCCC. The van der Waals surface area contributed by atoms with Gasteiger partial charge in [0.2, 0.25) is 5.91 Å². The van der Waals surface area contributed by atoms with E-state index < -0.39 is 49.5 Å². The van der Waals surface area contributed by atoms with E-state index in [1.165, 1.54) is 180 Å². The minimum Gasteiger partial charge on any atom is -0.394 e. The molecule has 0 aromatic rings. The molecule has 1 rings (SSSR count). The molecule has 0 aromatic heterocycles. The summed E-state index contributed by atoms with van der Waals surface area (Å²) in [6.45, 7) is 3.84. The van der Waals surface area contributed by atoms with Crippen LogP contribution in [0.25, 0.3) is 0 Å². The fraction of sp³-hybridized carbons (Fsp3) is 0.979. The topological polar surface area (TPSA) is 149 Å². The highest BCUT2D eigenvalue weighted by Gasteiger charge is 2.44. The van der Waals surface area contributed by atoms with Gasteiger partial charge in [0.05, 0.1) is 25.4 Å². The Kier molecular flexibility index (Phi) is 37.4. The third-order valence-corrected chi connectivity index (χ3v) is 12.2. The van der Waals surface area contributed by atoms with Crippen molar-refractivity contribution in [3.63, 3.8) is 0 Å². The predicted octanol–water partition coefficient (Wildman–Crippen LogP) is 10.7. The van der Waals surface area contributed by atoms with Gasteiger partial charge in [0.15, 0.2) is 6.29 Å². The number of carbonyl (C=O) groups excluding carboxylic acids is 1. The summed E-state index contributed by atoms with van der Waals surface area (Å²) in [4.78, 5) is 12.9. The van der Waals surface area contributed by atoms with E-state index in [0.717, 1.165) is 38.5 Å².